The molecule has 0 spiro atoms. The highest BCUT2D eigenvalue weighted by atomic mass is 35.5. The number of hydrogen-bond acceptors (Lipinski definition) is 2. The molecule has 0 radical (unpaired) electrons. The quantitative estimate of drug-likeness (QED) is 0.589. The van der Waals surface area contributed by atoms with Gasteiger partial charge >= 0.3 is 0 Å². The fraction of sp³-hybridized carbons (Fsp3) is 0.158. The second kappa shape index (κ2) is 7.16. The van der Waals surface area contributed by atoms with Gasteiger partial charge in [-0.3, -0.25) is 4.79 Å². The van der Waals surface area contributed by atoms with Gasteiger partial charge in [-0.2, -0.15) is 0 Å². The Labute approximate surface area is 162 Å². The van der Waals surface area contributed by atoms with E-state index in [2.05, 4.69) is 5.32 Å². The standard InChI is InChI=1S/C19H16Cl2N2OS/c1-11-15(18(24)12-7-4-3-5-8-12)17(22-19(25)23(11)2)13-9-6-10-14(20)16(13)21/h3-10,17H,1-2H3,(H,22,25). The lowest BCUT2D eigenvalue weighted by atomic mass is 9.89. The molecule has 1 heterocycles. The van der Waals surface area contributed by atoms with Gasteiger partial charge in [0.25, 0.3) is 0 Å². The van der Waals surface area contributed by atoms with E-state index in [0.717, 1.165) is 11.3 Å². The topological polar surface area (TPSA) is 32.3 Å². The molecule has 0 aromatic heterocycles. The summed E-state index contributed by atoms with van der Waals surface area (Å²) in [5.74, 6) is -0.0685. The first-order valence-electron chi connectivity index (χ1n) is 7.70. The largest absolute Gasteiger partial charge is 0.351 e. The normalized spacial score (nSPS) is 17.5. The van der Waals surface area contributed by atoms with Crippen LogP contribution in [0.3, 0.4) is 0 Å². The van der Waals surface area contributed by atoms with Crippen LogP contribution in [0.5, 0.6) is 0 Å². The molecular weight excluding hydrogens is 375 g/mol. The van der Waals surface area contributed by atoms with Crippen molar-refractivity contribution in [2.24, 2.45) is 0 Å². The van der Waals surface area contributed by atoms with Crippen LogP contribution >= 0.6 is 35.4 Å². The first-order chi connectivity index (χ1) is 11.9. The van der Waals surface area contributed by atoms with Crippen molar-refractivity contribution in [1.29, 1.82) is 0 Å². The molecule has 2 aromatic rings. The molecule has 0 bridgehead atoms. The van der Waals surface area contributed by atoms with Gasteiger partial charge in [0.05, 0.1) is 16.1 Å². The number of benzene rings is 2. The predicted octanol–water partition coefficient (Wildman–Crippen LogP) is 5.01. The number of hydrogen-bond donors (Lipinski definition) is 1. The highest BCUT2D eigenvalue weighted by Gasteiger charge is 2.34. The molecule has 6 heteroatoms. The number of allylic oxidation sites excluding steroid dienone is 1. The molecular formula is C19H16Cl2N2OS. The molecule has 0 saturated carbocycles. The Balaban J connectivity index is 2.17. The van der Waals surface area contributed by atoms with Crippen LogP contribution < -0.4 is 5.32 Å². The Morgan fingerprint density at radius 1 is 1.12 bits per heavy atom. The summed E-state index contributed by atoms with van der Waals surface area (Å²) in [5, 5.41) is 4.60. The third kappa shape index (κ3) is 3.30. The predicted molar refractivity (Wildman–Crippen MR) is 106 cm³/mol. The summed E-state index contributed by atoms with van der Waals surface area (Å²) in [6.45, 7) is 1.88. The molecule has 0 fully saturated rings. The number of nitrogens with zero attached hydrogens (tertiary/aromatic N) is 1. The molecule has 1 aliphatic rings. The van der Waals surface area contributed by atoms with Gasteiger partial charge in [-0.25, -0.2) is 0 Å². The van der Waals surface area contributed by atoms with Gasteiger partial charge in [0.1, 0.15) is 0 Å². The molecule has 1 unspecified atom stereocenters. The number of ketones is 1. The Morgan fingerprint density at radius 2 is 1.80 bits per heavy atom. The average molecular weight is 391 g/mol. The van der Waals surface area contributed by atoms with Gasteiger partial charge in [0.15, 0.2) is 10.9 Å². The molecule has 1 N–H and O–H groups in total. The van der Waals surface area contributed by atoms with Crippen LogP contribution in [0, 0.1) is 0 Å². The summed E-state index contributed by atoms with van der Waals surface area (Å²) in [4.78, 5) is 15.0. The number of nitrogens with one attached hydrogen (secondary N) is 1. The van der Waals surface area contributed by atoms with E-state index in [1.165, 1.54) is 0 Å². The molecule has 3 nitrogen and oxygen atoms in total. The van der Waals surface area contributed by atoms with Crippen LogP contribution in [0.25, 0.3) is 0 Å². The van der Waals surface area contributed by atoms with Gasteiger partial charge in [0.2, 0.25) is 0 Å². The SMILES string of the molecule is CC1=C(C(=O)c2ccccc2)C(c2cccc(Cl)c2Cl)NC(=S)N1C. The molecule has 1 atom stereocenters. The van der Waals surface area contributed by atoms with Gasteiger partial charge in [-0.1, -0.05) is 65.7 Å². The van der Waals surface area contributed by atoms with E-state index in [-0.39, 0.29) is 5.78 Å². The highest BCUT2D eigenvalue weighted by Crippen LogP contribution is 2.37. The van der Waals surface area contributed by atoms with Crippen LogP contribution in [0.15, 0.2) is 59.8 Å². The molecule has 25 heavy (non-hydrogen) atoms. The number of halogens is 2. The van der Waals surface area contributed by atoms with Crippen molar-refractivity contribution < 1.29 is 4.79 Å². The van der Waals surface area contributed by atoms with Crippen molar-refractivity contribution in [3.63, 3.8) is 0 Å². The Bertz CT molecular complexity index is 880. The third-order valence-corrected chi connectivity index (χ3v) is 5.55. The maximum Gasteiger partial charge on any atom is 0.193 e. The number of thiocarbonyl (C=S) groups is 1. The van der Waals surface area contributed by atoms with Crippen LogP contribution in [0.1, 0.15) is 28.9 Å². The zero-order valence-corrected chi connectivity index (χ0v) is 16.0. The zero-order chi connectivity index (χ0) is 18.1. The average Bonchev–Trinajstić information content (AvgIpc) is 2.62. The fourth-order valence-electron chi connectivity index (χ4n) is 2.85. The molecule has 128 valence electrons. The number of Topliss-reactive ketones (excluding diaryl/α,β-unsaturated/α-hetero) is 1. The molecule has 1 aliphatic heterocycles. The smallest absolute Gasteiger partial charge is 0.193 e. The van der Waals surface area contributed by atoms with E-state index in [9.17, 15) is 4.79 Å². The van der Waals surface area contributed by atoms with Gasteiger partial charge in [0, 0.05) is 23.9 Å². The van der Waals surface area contributed by atoms with Crippen LogP contribution in [0.4, 0.5) is 0 Å². The van der Waals surface area contributed by atoms with E-state index >= 15 is 0 Å². The number of carbonyl (C=O) groups excluding carboxylic acids is 1. The number of carbonyl (C=O) groups is 1. The number of rotatable bonds is 3. The van der Waals surface area contributed by atoms with Crippen LogP contribution in [0.2, 0.25) is 10.0 Å². The van der Waals surface area contributed by atoms with Gasteiger partial charge in [-0.15, -0.1) is 0 Å². The van der Waals surface area contributed by atoms with E-state index in [4.69, 9.17) is 35.4 Å². The Morgan fingerprint density at radius 3 is 2.48 bits per heavy atom. The zero-order valence-electron chi connectivity index (χ0n) is 13.7. The maximum atomic E-state index is 13.2. The lowest BCUT2D eigenvalue weighted by molar-refractivity contribution is 0.102. The summed E-state index contributed by atoms with van der Waals surface area (Å²) in [6, 6.07) is 14.1. The minimum atomic E-state index is -0.456. The molecule has 3 rings (SSSR count). The van der Waals surface area contributed by atoms with Gasteiger partial charge < -0.3 is 10.2 Å². The van der Waals surface area contributed by atoms with E-state index in [0.29, 0.717) is 26.3 Å². The van der Waals surface area contributed by atoms with Crippen molar-refractivity contribution in [2.45, 2.75) is 13.0 Å². The summed E-state index contributed by atoms with van der Waals surface area (Å²) < 4.78 is 0. The van der Waals surface area contributed by atoms with E-state index < -0.39 is 6.04 Å². The lowest BCUT2D eigenvalue weighted by Crippen LogP contribution is -2.45. The summed E-state index contributed by atoms with van der Waals surface area (Å²) >= 11 is 18.0. The van der Waals surface area contributed by atoms with E-state index in [1.807, 2.05) is 44.3 Å². The summed E-state index contributed by atoms with van der Waals surface area (Å²) in [7, 11) is 1.83. The van der Waals surface area contributed by atoms with Crippen molar-refractivity contribution >= 4 is 46.3 Å². The van der Waals surface area contributed by atoms with Gasteiger partial charge in [-0.05, 0) is 30.8 Å². The summed E-state index contributed by atoms with van der Waals surface area (Å²) in [5.41, 5.74) is 2.73. The fourth-order valence-corrected chi connectivity index (χ4v) is 3.52. The summed E-state index contributed by atoms with van der Waals surface area (Å²) in [6.07, 6.45) is 0. The third-order valence-electron chi connectivity index (χ3n) is 4.33. The maximum absolute atomic E-state index is 13.2. The van der Waals surface area contributed by atoms with Crippen LogP contribution in [-0.2, 0) is 0 Å². The van der Waals surface area contributed by atoms with Crippen LogP contribution in [-0.4, -0.2) is 22.8 Å². The Kier molecular flexibility index (Phi) is 5.13. The van der Waals surface area contributed by atoms with Crippen molar-refractivity contribution in [2.75, 3.05) is 7.05 Å². The second-order valence-corrected chi connectivity index (χ2v) is 6.95. The first-order valence-corrected chi connectivity index (χ1v) is 8.87. The molecule has 0 amide bonds. The second-order valence-electron chi connectivity index (χ2n) is 5.78. The van der Waals surface area contributed by atoms with Crippen molar-refractivity contribution in [3.05, 3.63) is 81.0 Å². The molecule has 2 aromatic carbocycles. The van der Waals surface area contributed by atoms with Crippen molar-refractivity contribution in [1.82, 2.24) is 10.2 Å². The monoisotopic (exact) mass is 390 g/mol. The Hall–Kier alpha value is -1.88. The minimum Gasteiger partial charge on any atom is -0.351 e. The molecule has 0 saturated heterocycles. The first kappa shape index (κ1) is 17.9. The molecule has 0 aliphatic carbocycles. The minimum absolute atomic E-state index is 0.0685. The van der Waals surface area contributed by atoms with Crippen molar-refractivity contribution in [3.8, 4) is 0 Å². The highest BCUT2D eigenvalue weighted by molar-refractivity contribution is 7.80. The van der Waals surface area contributed by atoms with E-state index in [1.54, 1.807) is 23.1 Å². The lowest BCUT2D eigenvalue weighted by Gasteiger charge is -2.36.